The van der Waals surface area contributed by atoms with Gasteiger partial charge < -0.3 is 4.74 Å². The normalized spacial score (nSPS) is 12.5. The van der Waals surface area contributed by atoms with E-state index in [2.05, 4.69) is 15.2 Å². The Morgan fingerprint density at radius 3 is 2.47 bits per heavy atom. The van der Waals surface area contributed by atoms with Gasteiger partial charge in [-0.05, 0) is 44.2 Å². The van der Waals surface area contributed by atoms with E-state index in [1.54, 1.807) is 42.6 Å². The van der Waals surface area contributed by atoms with Crippen LogP contribution >= 0.6 is 0 Å². The molecule has 0 saturated carbocycles. The van der Waals surface area contributed by atoms with Crippen molar-refractivity contribution < 1.29 is 22.7 Å². The molecule has 164 valence electrons. The Balaban J connectivity index is 1.69. The summed E-state index contributed by atoms with van der Waals surface area (Å²) in [5.41, 5.74) is 0.676. The summed E-state index contributed by atoms with van der Waals surface area (Å²) in [6.07, 6.45) is -2.90. The van der Waals surface area contributed by atoms with Crippen LogP contribution in [-0.2, 0) is 4.74 Å². The number of aryl methyl sites for hydroxylation is 1. The van der Waals surface area contributed by atoms with Gasteiger partial charge in [-0.2, -0.15) is 23.4 Å². The highest BCUT2D eigenvalue weighted by atomic mass is 19.4. The lowest BCUT2D eigenvalue weighted by atomic mass is 10.1. The second-order valence-corrected chi connectivity index (χ2v) is 7.01. The first-order chi connectivity index (χ1) is 15.3. The zero-order valence-corrected chi connectivity index (χ0v) is 17.1. The van der Waals surface area contributed by atoms with Crippen LogP contribution in [0.4, 0.5) is 13.2 Å². The summed E-state index contributed by atoms with van der Waals surface area (Å²) in [5, 5.41) is 8.25. The van der Waals surface area contributed by atoms with Crippen LogP contribution in [0.2, 0.25) is 0 Å². The van der Waals surface area contributed by atoms with Crippen molar-refractivity contribution in [3.8, 4) is 11.5 Å². The second kappa shape index (κ2) is 8.29. The van der Waals surface area contributed by atoms with Crippen molar-refractivity contribution in [3.63, 3.8) is 0 Å². The number of hydrogen-bond acceptors (Lipinski definition) is 5. The Labute approximate surface area is 181 Å². The van der Waals surface area contributed by atoms with Crippen LogP contribution < -0.4 is 0 Å². The topological polar surface area (TPSA) is 74.8 Å². The summed E-state index contributed by atoms with van der Waals surface area (Å²) in [6.45, 7) is 2.97. The maximum absolute atomic E-state index is 14.0. The van der Waals surface area contributed by atoms with E-state index in [-0.39, 0.29) is 28.3 Å². The van der Waals surface area contributed by atoms with E-state index < -0.39 is 18.2 Å². The number of aromatic nitrogens is 5. The number of benzene rings is 1. The van der Waals surface area contributed by atoms with Crippen molar-refractivity contribution in [1.29, 1.82) is 0 Å². The molecule has 0 N–H and O–H groups in total. The highest BCUT2D eigenvalue weighted by Gasteiger charge is 2.47. The van der Waals surface area contributed by atoms with Gasteiger partial charge in [0, 0.05) is 29.8 Å². The lowest BCUT2D eigenvalue weighted by Gasteiger charge is -2.21. The number of nitrogens with zero attached hydrogens (tertiary/aromatic N) is 5. The number of carbonyl (C=O) groups is 1. The minimum atomic E-state index is -4.84. The Morgan fingerprint density at radius 1 is 1.06 bits per heavy atom. The largest absolute Gasteiger partial charge is 0.444 e. The fourth-order valence-corrected chi connectivity index (χ4v) is 3.39. The Morgan fingerprint density at radius 2 is 1.81 bits per heavy atom. The van der Waals surface area contributed by atoms with Gasteiger partial charge in [0.05, 0.1) is 16.9 Å². The fourth-order valence-electron chi connectivity index (χ4n) is 3.39. The molecular weight excluding hydrogens is 423 g/mol. The first kappa shape index (κ1) is 21.3. The van der Waals surface area contributed by atoms with Gasteiger partial charge in [-0.3, -0.25) is 0 Å². The smallest absolute Gasteiger partial charge is 0.430 e. The van der Waals surface area contributed by atoms with Crippen LogP contribution in [0.5, 0.6) is 0 Å². The van der Waals surface area contributed by atoms with E-state index in [1.807, 2.05) is 0 Å². The van der Waals surface area contributed by atoms with Gasteiger partial charge >= 0.3 is 12.1 Å². The van der Waals surface area contributed by atoms with Gasteiger partial charge in [0.1, 0.15) is 0 Å². The molecule has 4 rings (SSSR count). The molecule has 10 heteroatoms. The molecule has 0 aliphatic rings. The number of pyridine rings is 1. The quantitative estimate of drug-likeness (QED) is 0.426. The molecule has 0 spiro atoms. The number of rotatable bonds is 5. The van der Waals surface area contributed by atoms with Gasteiger partial charge in [0.25, 0.3) is 0 Å². The van der Waals surface area contributed by atoms with Crippen molar-refractivity contribution in [2.24, 2.45) is 0 Å². The fraction of sp³-hybridized carbons (Fsp3) is 0.182. The van der Waals surface area contributed by atoms with Gasteiger partial charge in [-0.25, -0.2) is 19.1 Å². The number of ether oxygens (including phenoxy) is 1. The van der Waals surface area contributed by atoms with Crippen molar-refractivity contribution in [1.82, 2.24) is 24.5 Å². The molecule has 7 nitrogen and oxygen atoms in total. The number of halogens is 3. The third kappa shape index (κ3) is 4.11. The standard InChI is InChI=1S/C22H18F3N5O2/c1-14-19(15(2)30(28-14)17-7-4-3-5-8-17)20(22(23,24)25)32-21(31)16-9-11-26-18(13-16)29-12-6-10-27-29/h3-13,20H,1-2H3/t20-/m0/s1. The van der Waals surface area contributed by atoms with Gasteiger partial charge in [-0.1, -0.05) is 18.2 Å². The predicted octanol–water partition coefficient (Wildman–Crippen LogP) is 4.53. The summed E-state index contributed by atoms with van der Waals surface area (Å²) >= 11 is 0. The number of carbonyl (C=O) groups excluding carboxylic acids is 1. The van der Waals surface area contributed by atoms with Gasteiger partial charge in [0.15, 0.2) is 5.82 Å². The predicted molar refractivity (Wildman–Crippen MR) is 109 cm³/mol. The van der Waals surface area contributed by atoms with E-state index >= 15 is 0 Å². The van der Waals surface area contributed by atoms with Crippen LogP contribution in [-0.4, -0.2) is 36.7 Å². The molecule has 1 atom stereocenters. The minimum absolute atomic E-state index is 0.0782. The molecule has 0 amide bonds. The molecular formula is C22H18F3N5O2. The van der Waals surface area contributed by atoms with Crippen LogP contribution in [0.1, 0.15) is 33.4 Å². The monoisotopic (exact) mass is 441 g/mol. The van der Waals surface area contributed by atoms with E-state index in [4.69, 9.17) is 4.74 Å². The average molecular weight is 441 g/mol. The first-order valence-electron chi connectivity index (χ1n) is 9.61. The van der Waals surface area contributed by atoms with Gasteiger partial charge in [-0.15, -0.1) is 0 Å². The summed E-state index contributed by atoms with van der Waals surface area (Å²) in [4.78, 5) is 16.8. The Kier molecular flexibility index (Phi) is 5.52. The molecule has 0 unspecified atom stereocenters. The van der Waals surface area contributed by atoms with Crippen LogP contribution in [0.15, 0.2) is 67.1 Å². The molecule has 0 saturated heterocycles. The van der Waals surface area contributed by atoms with Crippen LogP contribution in [0, 0.1) is 13.8 Å². The molecule has 32 heavy (non-hydrogen) atoms. The molecule has 0 aliphatic carbocycles. The summed E-state index contributed by atoms with van der Waals surface area (Å²) < 4.78 is 49.8. The maximum Gasteiger partial charge on any atom is 0.430 e. The Bertz CT molecular complexity index is 1230. The Hall–Kier alpha value is -3.95. The van der Waals surface area contributed by atoms with Crippen molar-refractivity contribution >= 4 is 5.97 Å². The highest BCUT2D eigenvalue weighted by Crippen LogP contribution is 2.40. The van der Waals surface area contributed by atoms with Gasteiger partial charge in [0.2, 0.25) is 6.10 Å². The van der Waals surface area contributed by atoms with E-state index in [1.165, 1.54) is 47.7 Å². The number of esters is 1. The molecule has 3 heterocycles. The van der Waals surface area contributed by atoms with Crippen molar-refractivity contribution in [3.05, 3.63) is 89.6 Å². The SMILES string of the molecule is Cc1nn(-c2ccccc2)c(C)c1[C@H](OC(=O)c1ccnc(-n2cccn2)c1)C(F)(F)F. The highest BCUT2D eigenvalue weighted by molar-refractivity contribution is 5.90. The molecule has 1 aromatic carbocycles. The molecule has 3 aromatic heterocycles. The summed E-state index contributed by atoms with van der Waals surface area (Å²) in [7, 11) is 0. The summed E-state index contributed by atoms with van der Waals surface area (Å²) in [5.74, 6) is -0.855. The summed E-state index contributed by atoms with van der Waals surface area (Å²) in [6, 6.07) is 13.0. The third-order valence-corrected chi connectivity index (χ3v) is 4.85. The van der Waals surface area contributed by atoms with Crippen molar-refractivity contribution in [2.75, 3.05) is 0 Å². The number of alkyl halides is 3. The molecule has 0 fully saturated rings. The van der Waals surface area contributed by atoms with E-state index in [0.29, 0.717) is 5.69 Å². The van der Waals surface area contributed by atoms with Crippen molar-refractivity contribution in [2.45, 2.75) is 26.1 Å². The second-order valence-electron chi connectivity index (χ2n) is 7.01. The molecule has 0 aliphatic heterocycles. The third-order valence-electron chi connectivity index (χ3n) is 4.85. The minimum Gasteiger partial charge on any atom is -0.444 e. The van der Waals surface area contributed by atoms with E-state index in [0.717, 1.165) is 0 Å². The zero-order chi connectivity index (χ0) is 22.9. The maximum atomic E-state index is 14.0. The lowest BCUT2D eigenvalue weighted by molar-refractivity contribution is -0.207. The molecule has 4 aromatic rings. The zero-order valence-electron chi connectivity index (χ0n) is 17.1. The molecule has 0 bridgehead atoms. The van der Waals surface area contributed by atoms with Crippen LogP contribution in [0.25, 0.3) is 11.5 Å². The average Bonchev–Trinajstić information content (AvgIpc) is 3.41. The number of para-hydroxylation sites is 1. The number of hydrogen-bond donors (Lipinski definition) is 0. The first-order valence-corrected chi connectivity index (χ1v) is 9.61. The molecule has 0 radical (unpaired) electrons. The lowest BCUT2D eigenvalue weighted by Crippen LogP contribution is -2.27. The van der Waals surface area contributed by atoms with Crippen LogP contribution in [0.3, 0.4) is 0 Å². The van der Waals surface area contributed by atoms with E-state index in [9.17, 15) is 18.0 Å².